The van der Waals surface area contributed by atoms with E-state index in [0.717, 1.165) is 24.3 Å². The predicted molar refractivity (Wildman–Crippen MR) is 94.5 cm³/mol. The van der Waals surface area contributed by atoms with Gasteiger partial charge in [-0.15, -0.1) is 11.8 Å². The maximum absolute atomic E-state index is 9.89. The molecule has 0 amide bonds. The molecule has 22 heavy (non-hydrogen) atoms. The molecule has 0 spiro atoms. The van der Waals surface area contributed by atoms with Crippen molar-refractivity contribution in [1.82, 2.24) is 4.90 Å². The minimum atomic E-state index is 0.323. The van der Waals surface area contributed by atoms with Gasteiger partial charge in [0.05, 0.1) is 0 Å². The van der Waals surface area contributed by atoms with Crippen LogP contribution in [0, 0.1) is 0 Å². The highest BCUT2D eigenvalue weighted by molar-refractivity contribution is 7.99. The van der Waals surface area contributed by atoms with Crippen molar-refractivity contribution in [3.8, 4) is 5.75 Å². The summed E-state index contributed by atoms with van der Waals surface area (Å²) in [5, 5.41) is 9.89. The molecular formula is C19H21NOS. The van der Waals surface area contributed by atoms with E-state index in [2.05, 4.69) is 49.3 Å². The summed E-state index contributed by atoms with van der Waals surface area (Å²) >= 11 is 1.92. The van der Waals surface area contributed by atoms with Crippen molar-refractivity contribution in [1.29, 1.82) is 0 Å². The number of phenols is 1. The number of likely N-dealkylation sites (N-methyl/N-ethyl adjacent to an activating group) is 1. The third-order valence-corrected chi connectivity index (χ3v) is 4.89. The number of fused-ring (bicyclic) bond motifs is 1. The normalized spacial score (nSPS) is 14.9. The van der Waals surface area contributed by atoms with Crippen LogP contribution in [0.15, 0.2) is 59.0 Å². The van der Waals surface area contributed by atoms with Gasteiger partial charge in [-0.2, -0.15) is 0 Å². The van der Waals surface area contributed by atoms with Gasteiger partial charge in [0.25, 0.3) is 0 Å². The van der Waals surface area contributed by atoms with Crippen molar-refractivity contribution >= 4 is 17.3 Å². The number of phenolic OH excluding ortho intramolecular Hbond substituents is 1. The Hall–Kier alpha value is -1.71. The number of rotatable bonds is 3. The number of benzene rings is 2. The highest BCUT2D eigenvalue weighted by Gasteiger charge is 2.19. The molecule has 0 atom stereocenters. The van der Waals surface area contributed by atoms with Crippen LogP contribution < -0.4 is 0 Å². The monoisotopic (exact) mass is 311 g/mol. The lowest BCUT2D eigenvalue weighted by Crippen LogP contribution is -2.16. The largest absolute Gasteiger partial charge is 0.508 e. The summed E-state index contributed by atoms with van der Waals surface area (Å²) in [5.41, 5.74) is 5.11. The molecule has 3 rings (SSSR count). The molecule has 0 aromatic heterocycles. The number of nitrogens with zero attached hydrogens (tertiary/aromatic N) is 1. The van der Waals surface area contributed by atoms with Crippen LogP contribution in [0.4, 0.5) is 0 Å². The molecule has 0 unspecified atom stereocenters. The summed E-state index contributed by atoms with van der Waals surface area (Å²) in [6.45, 7) is 0.944. The Morgan fingerprint density at radius 3 is 2.68 bits per heavy atom. The molecule has 1 aliphatic heterocycles. The van der Waals surface area contributed by atoms with Crippen LogP contribution in [0.5, 0.6) is 5.75 Å². The first-order valence-electron chi connectivity index (χ1n) is 7.53. The minimum absolute atomic E-state index is 0.323. The van der Waals surface area contributed by atoms with E-state index in [1.165, 1.54) is 21.6 Å². The van der Waals surface area contributed by atoms with Crippen LogP contribution in [0.25, 0.3) is 5.57 Å². The SMILES string of the molecule is CN(C)CC1=C(c2cccc(O)c2)c2ccccc2SCC1. The lowest BCUT2D eigenvalue weighted by atomic mass is 9.91. The second kappa shape index (κ2) is 6.59. The minimum Gasteiger partial charge on any atom is -0.508 e. The molecule has 1 heterocycles. The average molecular weight is 311 g/mol. The van der Waals surface area contributed by atoms with Crippen LogP contribution in [0.2, 0.25) is 0 Å². The Morgan fingerprint density at radius 2 is 1.91 bits per heavy atom. The molecule has 0 saturated heterocycles. The van der Waals surface area contributed by atoms with Crippen LogP contribution in [0.1, 0.15) is 17.5 Å². The van der Waals surface area contributed by atoms with Gasteiger partial charge in [0.2, 0.25) is 0 Å². The van der Waals surface area contributed by atoms with Gasteiger partial charge in [0.15, 0.2) is 0 Å². The smallest absolute Gasteiger partial charge is 0.116 e. The van der Waals surface area contributed by atoms with Gasteiger partial charge < -0.3 is 10.0 Å². The highest BCUT2D eigenvalue weighted by atomic mass is 32.2. The molecule has 0 radical (unpaired) electrons. The van der Waals surface area contributed by atoms with E-state index in [-0.39, 0.29) is 0 Å². The van der Waals surface area contributed by atoms with Crippen LogP contribution in [0.3, 0.4) is 0 Å². The zero-order chi connectivity index (χ0) is 15.5. The Kier molecular flexibility index (Phi) is 4.55. The first kappa shape index (κ1) is 15.2. The Balaban J connectivity index is 2.21. The van der Waals surface area contributed by atoms with E-state index < -0.39 is 0 Å². The standard InChI is InChI=1S/C19H21NOS/c1-20(2)13-15-10-11-22-18-9-4-3-8-17(18)19(15)14-6-5-7-16(21)12-14/h3-9,12,21H,10-11,13H2,1-2H3. The van der Waals surface area contributed by atoms with Crippen molar-refractivity contribution < 1.29 is 5.11 Å². The molecule has 3 heteroatoms. The number of aromatic hydroxyl groups is 1. The van der Waals surface area contributed by atoms with Gasteiger partial charge >= 0.3 is 0 Å². The van der Waals surface area contributed by atoms with Crippen LogP contribution >= 0.6 is 11.8 Å². The first-order valence-corrected chi connectivity index (χ1v) is 8.52. The molecule has 0 bridgehead atoms. The molecular weight excluding hydrogens is 290 g/mol. The fourth-order valence-corrected chi connectivity index (χ4v) is 4.03. The topological polar surface area (TPSA) is 23.5 Å². The number of hydrogen-bond acceptors (Lipinski definition) is 3. The summed E-state index contributed by atoms with van der Waals surface area (Å²) in [5.74, 6) is 1.42. The summed E-state index contributed by atoms with van der Waals surface area (Å²) < 4.78 is 0. The molecule has 2 aromatic carbocycles. The zero-order valence-corrected chi connectivity index (χ0v) is 13.9. The van der Waals surface area contributed by atoms with E-state index in [0.29, 0.717) is 5.75 Å². The second-order valence-electron chi connectivity index (χ2n) is 5.86. The Bertz CT molecular complexity index is 706. The molecule has 0 fully saturated rings. The van der Waals surface area contributed by atoms with Gasteiger partial charge in [-0.05, 0) is 61.0 Å². The molecule has 2 aromatic rings. The van der Waals surface area contributed by atoms with Gasteiger partial charge in [-0.25, -0.2) is 0 Å². The quantitative estimate of drug-likeness (QED) is 0.916. The van der Waals surface area contributed by atoms with E-state index in [9.17, 15) is 5.11 Å². The third kappa shape index (κ3) is 3.21. The number of thioether (sulfide) groups is 1. The van der Waals surface area contributed by atoms with E-state index >= 15 is 0 Å². The predicted octanol–water partition coefficient (Wildman–Crippen LogP) is 4.25. The van der Waals surface area contributed by atoms with Crippen molar-refractivity contribution in [2.45, 2.75) is 11.3 Å². The maximum atomic E-state index is 9.89. The highest BCUT2D eigenvalue weighted by Crippen LogP contribution is 2.39. The van der Waals surface area contributed by atoms with E-state index in [4.69, 9.17) is 0 Å². The molecule has 1 N–H and O–H groups in total. The van der Waals surface area contributed by atoms with Crippen LogP contribution in [-0.4, -0.2) is 36.4 Å². The van der Waals surface area contributed by atoms with Crippen molar-refractivity contribution in [2.75, 3.05) is 26.4 Å². The maximum Gasteiger partial charge on any atom is 0.116 e. The van der Waals surface area contributed by atoms with Crippen molar-refractivity contribution in [3.63, 3.8) is 0 Å². The summed E-state index contributed by atoms with van der Waals surface area (Å²) in [6.07, 6.45) is 1.07. The van der Waals surface area contributed by atoms with Gasteiger partial charge in [0.1, 0.15) is 5.75 Å². The molecule has 0 aliphatic carbocycles. The first-order chi connectivity index (χ1) is 10.6. The Labute approximate surface area is 136 Å². The van der Waals surface area contributed by atoms with E-state index in [1.807, 2.05) is 23.9 Å². The third-order valence-electron chi connectivity index (χ3n) is 3.81. The molecule has 114 valence electrons. The summed E-state index contributed by atoms with van der Waals surface area (Å²) in [6, 6.07) is 16.2. The molecule has 1 aliphatic rings. The summed E-state index contributed by atoms with van der Waals surface area (Å²) in [7, 11) is 4.22. The average Bonchev–Trinajstić information content (AvgIpc) is 2.65. The van der Waals surface area contributed by atoms with Crippen molar-refractivity contribution in [3.05, 3.63) is 65.2 Å². The lowest BCUT2D eigenvalue weighted by molar-refractivity contribution is 0.442. The van der Waals surface area contributed by atoms with Gasteiger partial charge in [-0.3, -0.25) is 0 Å². The Morgan fingerprint density at radius 1 is 1.09 bits per heavy atom. The second-order valence-corrected chi connectivity index (χ2v) is 7.00. The summed E-state index contributed by atoms with van der Waals surface area (Å²) in [4.78, 5) is 3.55. The molecule has 2 nitrogen and oxygen atoms in total. The van der Waals surface area contributed by atoms with Gasteiger partial charge in [-0.1, -0.05) is 30.3 Å². The van der Waals surface area contributed by atoms with Crippen LogP contribution in [-0.2, 0) is 0 Å². The van der Waals surface area contributed by atoms with E-state index in [1.54, 1.807) is 6.07 Å². The lowest BCUT2D eigenvalue weighted by Gasteiger charge is -2.18. The molecule has 0 saturated carbocycles. The fraction of sp³-hybridized carbons (Fsp3) is 0.263. The fourth-order valence-electron chi connectivity index (χ4n) is 2.96. The number of hydrogen-bond donors (Lipinski definition) is 1. The zero-order valence-electron chi connectivity index (χ0n) is 13.0. The van der Waals surface area contributed by atoms with Gasteiger partial charge in [0, 0.05) is 17.2 Å². The van der Waals surface area contributed by atoms with Crippen molar-refractivity contribution in [2.24, 2.45) is 0 Å².